The van der Waals surface area contributed by atoms with E-state index in [0.717, 1.165) is 0 Å². The molecule has 170 valence electrons. The predicted molar refractivity (Wildman–Crippen MR) is 103 cm³/mol. The van der Waals surface area contributed by atoms with Gasteiger partial charge in [0, 0.05) is 19.1 Å². The third kappa shape index (κ3) is 16.1. The summed E-state index contributed by atoms with van der Waals surface area (Å²) in [6, 6.07) is -2.48. The number of carboxylic acid groups (broad SMARTS) is 2. The van der Waals surface area contributed by atoms with Gasteiger partial charge in [-0.2, -0.15) is 0 Å². The maximum absolute atomic E-state index is 11.9. The summed E-state index contributed by atoms with van der Waals surface area (Å²) >= 11 is 0.596. The number of aliphatic carboxylic acids is 2. The molecule has 30 heavy (non-hydrogen) atoms. The summed E-state index contributed by atoms with van der Waals surface area (Å²) in [5, 5.41) is 30.0. The van der Waals surface area contributed by atoms with E-state index in [9.17, 15) is 28.8 Å². The monoisotopic (exact) mass is 451 g/mol. The van der Waals surface area contributed by atoms with Crippen molar-refractivity contribution in [3.63, 3.8) is 0 Å². The maximum Gasteiger partial charge on any atom is 0.322 e. The van der Waals surface area contributed by atoms with Crippen molar-refractivity contribution in [2.75, 3.05) is 12.3 Å². The number of hydrogen-bond donors (Lipinski definition) is 6. The number of aldehydes is 1. The van der Waals surface area contributed by atoms with Gasteiger partial charge in [-0.15, -0.1) is 0 Å². The summed E-state index contributed by atoms with van der Waals surface area (Å²) in [4.78, 5) is 74.8. The van der Waals surface area contributed by atoms with Gasteiger partial charge in [0.1, 0.15) is 24.7 Å². The molecule has 0 rings (SSSR count). The Balaban J connectivity index is 0. The number of amides is 2. The molecule has 0 heterocycles. The van der Waals surface area contributed by atoms with Crippen molar-refractivity contribution in [3.8, 4) is 0 Å². The summed E-state index contributed by atoms with van der Waals surface area (Å²) in [6.45, 7) is 1.78. The first kappa shape index (κ1) is 29.4. The maximum atomic E-state index is 11.9. The third-order valence-corrected chi connectivity index (χ3v) is 4.09. The molecular weight excluding hydrogens is 426 g/mol. The largest absolute Gasteiger partial charge is 0.480 e. The predicted octanol–water partition coefficient (Wildman–Crippen LogP) is -2.72. The molecule has 0 fully saturated rings. The number of aliphatic hydroxyl groups excluding tert-OH is 1. The first-order valence-corrected chi connectivity index (χ1v) is 9.38. The molecule has 14 heteroatoms. The number of nitrogens with one attached hydrogen (secondary N) is 2. The van der Waals surface area contributed by atoms with Crippen LogP contribution in [0.1, 0.15) is 26.7 Å². The second-order valence-electron chi connectivity index (χ2n) is 5.75. The number of carbonyl (C=O) groups excluding carboxylic acids is 5. The van der Waals surface area contributed by atoms with Crippen LogP contribution in [0.4, 0.5) is 0 Å². The van der Waals surface area contributed by atoms with Gasteiger partial charge in [0.25, 0.3) is 0 Å². The second-order valence-corrected chi connectivity index (χ2v) is 6.77. The Hall–Kier alpha value is -2.84. The summed E-state index contributed by atoms with van der Waals surface area (Å²) < 4.78 is 0. The molecule has 3 atom stereocenters. The molecule has 0 aromatic rings. The van der Waals surface area contributed by atoms with Crippen LogP contribution in [-0.2, 0) is 33.6 Å². The Morgan fingerprint density at radius 1 is 1.13 bits per heavy atom. The van der Waals surface area contributed by atoms with Crippen LogP contribution in [0.3, 0.4) is 0 Å². The molecule has 0 aliphatic carbocycles. The minimum Gasteiger partial charge on any atom is -0.480 e. The molecule has 0 aliphatic rings. The van der Waals surface area contributed by atoms with Gasteiger partial charge >= 0.3 is 11.9 Å². The zero-order chi connectivity index (χ0) is 23.9. The summed E-state index contributed by atoms with van der Waals surface area (Å²) in [5.41, 5.74) is 5.27. The minimum atomic E-state index is -1.29. The Kier molecular flexibility index (Phi) is 15.7. The summed E-state index contributed by atoms with van der Waals surface area (Å²) in [5.74, 6) is -4.74. The van der Waals surface area contributed by atoms with E-state index in [1.54, 1.807) is 0 Å². The summed E-state index contributed by atoms with van der Waals surface area (Å²) in [6.07, 6.45) is -1.42. The highest BCUT2D eigenvalue weighted by Gasteiger charge is 2.24. The third-order valence-electron chi connectivity index (χ3n) is 2.96. The van der Waals surface area contributed by atoms with Crippen LogP contribution in [0, 0.1) is 0 Å². The fourth-order valence-electron chi connectivity index (χ4n) is 1.43. The van der Waals surface area contributed by atoms with Crippen LogP contribution in [0.5, 0.6) is 0 Å². The highest BCUT2D eigenvalue weighted by atomic mass is 32.2. The van der Waals surface area contributed by atoms with Crippen molar-refractivity contribution >= 4 is 52.7 Å². The molecule has 7 N–H and O–H groups in total. The Morgan fingerprint density at radius 3 is 2.07 bits per heavy atom. The van der Waals surface area contributed by atoms with Crippen LogP contribution < -0.4 is 16.4 Å². The number of hydrogen-bond acceptors (Lipinski definition) is 10. The van der Waals surface area contributed by atoms with Gasteiger partial charge < -0.3 is 31.7 Å². The van der Waals surface area contributed by atoms with Crippen molar-refractivity contribution in [3.05, 3.63) is 0 Å². The number of thioether (sulfide) groups is 1. The van der Waals surface area contributed by atoms with Gasteiger partial charge in [-0.25, -0.2) is 0 Å². The lowest BCUT2D eigenvalue weighted by Gasteiger charge is -2.18. The molecule has 0 saturated heterocycles. The zero-order valence-electron chi connectivity index (χ0n) is 16.3. The molecule has 0 bridgehead atoms. The number of Topliss-reactive ketones (excluding diaryl/α,β-unsaturated/α-hetero) is 1. The Labute approximate surface area is 175 Å². The topological polar surface area (TPSA) is 230 Å². The lowest BCUT2D eigenvalue weighted by Crippen LogP contribution is -2.49. The minimum absolute atomic E-state index is 0.162. The molecule has 0 aromatic carbocycles. The smallest absolute Gasteiger partial charge is 0.322 e. The van der Waals surface area contributed by atoms with Crippen LogP contribution in [0.2, 0.25) is 0 Å². The fraction of sp³-hybridized carbons (Fsp3) is 0.562. The lowest BCUT2D eigenvalue weighted by atomic mass is 10.1. The van der Waals surface area contributed by atoms with E-state index in [0.29, 0.717) is 11.8 Å². The molecule has 0 spiro atoms. The summed E-state index contributed by atoms with van der Waals surface area (Å²) in [7, 11) is 0. The van der Waals surface area contributed by atoms with Gasteiger partial charge in [0.15, 0.2) is 12.1 Å². The zero-order valence-corrected chi connectivity index (χ0v) is 17.1. The van der Waals surface area contributed by atoms with Crippen molar-refractivity contribution in [1.82, 2.24) is 10.6 Å². The van der Waals surface area contributed by atoms with Gasteiger partial charge in [-0.1, -0.05) is 11.8 Å². The Morgan fingerprint density at radius 2 is 1.67 bits per heavy atom. The molecular formula is C16H25N3O10S. The lowest BCUT2D eigenvalue weighted by molar-refractivity contribution is -0.139. The normalized spacial score (nSPS) is 12.8. The molecule has 3 unspecified atom stereocenters. The average Bonchev–Trinajstić information content (AvgIpc) is 2.66. The molecule has 13 nitrogen and oxygen atoms in total. The van der Waals surface area contributed by atoms with Gasteiger partial charge in [0.2, 0.25) is 16.9 Å². The van der Waals surface area contributed by atoms with E-state index in [-0.39, 0.29) is 24.9 Å². The van der Waals surface area contributed by atoms with Gasteiger partial charge in [-0.05, 0) is 13.3 Å². The van der Waals surface area contributed by atoms with E-state index in [4.69, 9.17) is 25.8 Å². The average molecular weight is 451 g/mol. The molecule has 0 aliphatic heterocycles. The number of nitrogens with two attached hydrogens (primary N) is 1. The molecule has 0 aromatic heterocycles. The van der Waals surface area contributed by atoms with Crippen molar-refractivity contribution in [2.24, 2.45) is 5.73 Å². The standard InChI is InChI=1S/C13H21N3O8S.C3H4O2/c1-6(17)13(24)25-5-8(11(21)15-4-10(19)20)16-9(18)3-2-7(14)12(22)23;1-3(5)2-4/h6-8,17H,2-5,14H2,1H3,(H,15,21)(H,16,18)(H,19,20)(H,22,23);2H,1H3. The van der Waals surface area contributed by atoms with E-state index in [2.05, 4.69) is 10.6 Å². The van der Waals surface area contributed by atoms with E-state index in [1.165, 1.54) is 13.8 Å². The highest BCUT2D eigenvalue weighted by molar-refractivity contribution is 8.13. The second kappa shape index (κ2) is 16.0. The number of carbonyl (C=O) groups is 7. The molecule has 0 saturated carbocycles. The van der Waals surface area contributed by atoms with E-state index >= 15 is 0 Å². The number of rotatable bonds is 12. The van der Waals surface area contributed by atoms with Crippen LogP contribution >= 0.6 is 11.8 Å². The van der Waals surface area contributed by atoms with Crippen LogP contribution in [0.25, 0.3) is 0 Å². The number of ketones is 1. The van der Waals surface area contributed by atoms with E-state index < -0.39 is 59.4 Å². The van der Waals surface area contributed by atoms with Gasteiger partial charge in [-0.3, -0.25) is 33.6 Å². The quantitative estimate of drug-likeness (QED) is 0.131. The highest BCUT2D eigenvalue weighted by Crippen LogP contribution is 2.08. The van der Waals surface area contributed by atoms with Gasteiger partial charge in [0.05, 0.1) is 0 Å². The molecule has 2 amide bonds. The fourth-order valence-corrected chi connectivity index (χ4v) is 2.24. The van der Waals surface area contributed by atoms with Crippen molar-refractivity contribution < 1.29 is 48.9 Å². The van der Waals surface area contributed by atoms with Crippen molar-refractivity contribution in [2.45, 2.75) is 44.9 Å². The number of aliphatic hydroxyl groups is 1. The number of carboxylic acids is 2. The van der Waals surface area contributed by atoms with Crippen LogP contribution in [-0.4, -0.2) is 86.7 Å². The SMILES string of the molecule is CC(=O)C=O.CC(O)C(=O)SCC(NC(=O)CCC(N)C(=O)O)C(=O)NCC(=O)O. The van der Waals surface area contributed by atoms with E-state index in [1.807, 2.05) is 0 Å². The molecule has 0 radical (unpaired) electrons. The first-order valence-electron chi connectivity index (χ1n) is 8.39. The Bertz CT molecular complexity index is 653. The first-order chi connectivity index (χ1) is 13.8. The van der Waals surface area contributed by atoms with Crippen LogP contribution in [0.15, 0.2) is 0 Å². The van der Waals surface area contributed by atoms with Crippen molar-refractivity contribution in [1.29, 1.82) is 0 Å².